The predicted molar refractivity (Wildman–Crippen MR) is 108 cm³/mol. The Balaban J connectivity index is 1.54. The molecule has 0 saturated heterocycles. The van der Waals surface area contributed by atoms with E-state index in [1.165, 1.54) is 43.2 Å². The molecule has 5 heteroatoms. The van der Waals surface area contributed by atoms with Crippen molar-refractivity contribution in [2.75, 3.05) is 20.6 Å². The van der Waals surface area contributed by atoms with Gasteiger partial charge >= 0.3 is 0 Å². The third-order valence-corrected chi connectivity index (χ3v) is 6.25. The van der Waals surface area contributed by atoms with Crippen LogP contribution in [-0.4, -0.2) is 40.9 Å². The van der Waals surface area contributed by atoms with Gasteiger partial charge < -0.3 is 15.0 Å². The number of aryl methyl sites for hydroxylation is 1. The maximum absolute atomic E-state index is 6.57. The summed E-state index contributed by atoms with van der Waals surface area (Å²) >= 11 is 0. The monoisotopic (exact) mass is 368 g/mol. The predicted octanol–water partition coefficient (Wildman–Crippen LogP) is 3.84. The van der Waals surface area contributed by atoms with Crippen molar-refractivity contribution in [1.82, 2.24) is 20.0 Å². The molecule has 1 aromatic carbocycles. The quantitative estimate of drug-likeness (QED) is 0.871. The van der Waals surface area contributed by atoms with Crippen LogP contribution in [0.2, 0.25) is 0 Å². The molecule has 146 valence electrons. The van der Waals surface area contributed by atoms with Gasteiger partial charge in [0.2, 0.25) is 0 Å². The van der Waals surface area contributed by atoms with Crippen molar-refractivity contribution in [2.45, 2.75) is 56.2 Å². The van der Waals surface area contributed by atoms with Gasteiger partial charge in [-0.3, -0.25) is 4.68 Å². The minimum Gasteiger partial charge on any atom is -0.487 e. The Morgan fingerprint density at radius 1 is 1.26 bits per heavy atom. The smallest absolute Gasteiger partial charge is 0.124 e. The van der Waals surface area contributed by atoms with E-state index in [1.807, 2.05) is 17.9 Å². The summed E-state index contributed by atoms with van der Waals surface area (Å²) in [6.07, 6.45) is 11.4. The Kier molecular flexibility index (Phi) is 5.24. The van der Waals surface area contributed by atoms with Crippen LogP contribution < -0.4 is 10.1 Å². The molecule has 0 amide bonds. The molecule has 5 nitrogen and oxygen atoms in total. The second kappa shape index (κ2) is 7.64. The summed E-state index contributed by atoms with van der Waals surface area (Å²) in [6.45, 7) is 0.897. The average Bonchev–Trinajstić information content (AvgIpc) is 3.08. The van der Waals surface area contributed by atoms with E-state index in [9.17, 15) is 0 Å². The van der Waals surface area contributed by atoms with E-state index >= 15 is 0 Å². The second-order valence-corrected chi connectivity index (χ2v) is 8.48. The SMILES string of the molecule is CN(C)C(CNC1CC2(CCCCC2)Oc2ccccc21)c1cnn(C)c1. The number of hydrogen-bond acceptors (Lipinski definition) is 4. The zero-order valence-electron chi connectivity index (χ0n) is 16.8. The zero-order valence-corrected chi connectivity index (χ0v) is 16.8. The molecule has 2 unspecified atom stereocenters. The molecule has 1 N–H and O–H groups in total. The first-order chi connectivity index (χ1) is 13.1. The largest absolute Gasteiger partial charge is 0.487 e. The summed E-state index contributed by atoms with van der Waals surface area (Å²) in [5.41, 5.74) is 2.58. The van der Waals surface area contributed by atoms with E-state index in [2.05, 4.69) is 59.9 Å². The second-order valence-electron chi connectivity index (χ2n) is 8.48. The van der Waals surface area contributed by atoms with Gasteiger partial charge in [-0.2, -0.15) is 5.10 Å². The molecule has 1 aliphatic carbocycles. The number of fused-ring (bicyclic) bond motifs is 1. The van der Waals surface area contributed by atoms with Gasteiger partial charge in [0.15, 0.2) is 0 Å². The number of nitrogens with zero attached hydrogens (tertiary/aromatic N) is 3. The van der Waals surface area contributed by atoms with E-state index in [0.29, 0.717) is 12.1 Å². The molecule has 2 aromatic rings. The van der Waals surface area contributed by atoms with Crippen LogP contribution in [0.5, 0.6) is 5.75 Å². The average molecular weight is 369 g/mol. The van der Waals surface area contributed by atoms with Gasteiger partial charge in [0.05, 0.1) is 6.20 Å². The normalized spacial score (nSPS) is 22.4. The van der Waals surface area contributed by atoms with Gasteiger partial charge in [-0.1, -0.05) is 24.6 Å². The Bertz CT molecular complexity index is 763. The van der Waals surface area contributed by atoms with Crippen molar-refractivity contribution in [3.63, 3.8) is 0 Å². The highest BCUT2D eigenvalue weighted by Crippen LogP contribution is 2.46. The molecular formula is C22H32N4O. The number of rotatable bonds is 5. The van der Waals surface area contributed by atoms with Crippen LogP contribution in [0.3, 0.4) is 0 Å². The number of benzene rings is 1. The fourth-order valence-electron chi connectivity index (χ4n) is 4.77. The lowest BCUT2D eigenvalue weighted by Gasteiger charge is -2.45. The third kappa shape index (κ3) is 3.90. The number of nitrogens with one attached hydrogen (secondary N) is 1. The van der Waals surface area contributed by atoms with Crippen molar-refractivity contribution in [3.05, 3.63) is 47.8 Å². The number of likely N-dealkylation sites (N-methyl/N-ethyl adjacent to an activating group) is 1. The minimum absolute atomic E-state index is 0.0200. The molecule has 0 radical (unpaired) electrons. The van der Waals surface area contributed by atoms with Gasteiger partial charge in [-0.05, 0) is 45.8 Å². The molecule has 0 bridgehead atoms. The minimum atomic E-state index is 0.0200. The highest BCUT2D eigenvalue weighted by atomic mass is 16.5. The molecule has 4 rings (SSSR count). The van der Waals surface area contributed by atoms with Crippen molar-refractivity contribution in [1.29, 1.82) is 0 Å². The van der Waals surface area contributed by atoms with Crippen LogP contribution >= 0.6 is 0 Å². The van der Waals surface area contributed by atoms with Gasteiger partial charge in [0.1, 0.15) is 11.4 Å². The standard InChI is InChI=1S/C22H32N4O/c1-25(2)20(17-14-24-26(3)16-17)15-23-19-13-22(11-7-4-8-12-22)27-21-10-6-5-9-18(19)21/h5-6,9-10,14,16,19-20,23H,4,7-8,11-13,15H2,1-3H3. The fraction of sp³-hybridized carbons (Fsp3) is 0.591. The summed E-state index contributed by atoms with van der Waals surface area (Å²) in [5.74, 6) is 1.07. The van der Waals surface area contributed by atoms with Crippen molar-refractivity contribution in [2.24, 2.45) is 7.05 Å². The number of aromatic nitrogens is 2. The van der Waals surface area contributed by atoms with Crippen molar-refractivity contribution >= 4 is 0 Å². The molecule has 27 heavy (non-hydrogen) atoms. The first-order valence-corrected chi connectivity index (χ1v) is 10.2. The lowest BCUT2D eigenvalue weighted by atomic mass is 9.77. The van der Waals surface area contributed by atoms with E-state index < -0.39 is 0 Å². The van der Waals surface area contributed by atoms with E-state index in [1.54, 1.807) is 0 Å². The van der Waals surface area contributed by atoms with Gasteiger partial charge in [0, 0.05) is 49.4 Å². The topological polar surface area (TPSA) is 42.3 Å². The van der Waals surface area contributed by atoms with E-state index in [0.717, 1.165) is 18.7 Å². The summed E-state index contributed by atoms with van der Waals surface area (Å²) in [7, 11) is 6.25. The van der Waals surface area contributed by atoms with Crippen LogP contribution in [0.1, 0.15) is 61.7 Å². The molecule has 2 heterocycles. The molecule has 1 fully saturated rings. The number of hydrogen-bond donors (Lipinski definition) is 1. The first-order valence-electron chi connectivity index (χ1n) is 10.2. The van der Waals surface area contributed by atoms with Crippen LogP contribution in [-0.2, 0) is 7.05 Å². The lowest BCUT2D eigenvalue weighted by Crippen LogP contribution is -2.46. The van der Waals surface area contributed by atoms with Gasteiger partial charge in [0.25, 0.3) is 0 Å². The van der Waals surface area contributed by atoms with Crippen LogP contribution in [0.15, 0.2) is 36.7 Å². The van der Waals surface area contributed by atoms with E-state index in [4.69, 9.17) is 4.74 Å². The van der Waals surface area contributed by atoms with Gasteiger partial charge in [-0.25, -0.2) is 0 Å². The Labute approximate surface area is 162 Å². The molecule has 1 saturated carbocycles. The van der Waals surface area contributed by atoms with Crippen molar-refractivity contribution in [3.8, 4) is 5.75 Å². The lowest BCUT2D eigenvalue weighted by molar-refractivity contribution is -0.00330. The third-order valence-electron chi connectivity index (χ3n) is 6.25. The highest BCUT2D eigenvalue weighted by Gasteiger charge is 2.41. The molecule has 2 atom stereocenters. The summed E-state index contributed by atoms with van der Waals surface area (Å²) in [5, 5.41) is 8.24. The number of ether oxygens (including phenoxy) is 1. The number of para-hydroxylation sites is 1. The molecule has 2 aliphatic rings. The Morgan fingerprint density at radius 2 is 2.04 bits per heavy atom. The fourth-order valence-corrected chi connectivity index (χ4v) is 4.77. The summed E-state index contributed by atoms with van der Waals surface area (Å²) < 4.78 is 8.45. The summed E-state index contributed by atoms with van der Waals surface area (Å²) in [4.78, 5) is 2.27. The van der Waals surface area contributed by atoms with Crippen LogP contribution in [0.25, 0.3) is 0 Å². The van der Waals surface area contributed by atoms with Crippen LogP contribution in [0, 0.1) is 0 Å². The maximum atomic E-state index is 6.57. The molecule has 1 aromatic heterocycles. The van der Waals surface area contributed by atoms with Crippen molar-refractivity contribution < 1.29 is 4.74 Å². The molecule has 1 spiro atoms. The maximum Gasteiger partial charge on any atom is 0.124 e. The highest BCUT2D eigenvalue weighted by molar-refractivity contribution is 5.39. The Morgan fingerprint density at radius 3 is 2.74 bits per heavy atom. The molecular weight excluding hydrogens is 336 g/mol. The van der Waals surface area contributed by atoms with Gasteiger partial charge in [-0.15, -0.1) is 0 Å². The van der Waals surface area contributed by atoms with Crippen LogP contribution in [0.4, 0.5) is 0 Å². The Hall–Kier alpha value is -1.85. The van der Waals surface area contributed by atoms with E-state index in [-0.39, 0.29) is 5.60 Å². The zero-order chi connectivity index (χ0) is 18.9. The first kappa shape index (κ1) is 18.5. The summed E-state index contributed by atoms with van der Waals surface area (Å²) in [6, 6.07) is 9.22. The molecule has 1 aliphatic heterocycles.